The van der Waals surface area contributed by atoms with Gasteiger partial charge in [0.05, 0.1) is 0 Å². The van der Waals surface area contributed by atoms with Gasteiger partial charge in [0.2, 0.25) is 0 Å². The SMILES string of the molecule is CCCNC(C)CN1CCCCCCC1. The number of nitrogens with one attached hydrogen (secondary N) is 1. The Hall–Kier alpha value is -0.0800. The number of nitrogens with zero attached hydrogens (tertiary/aromatic N) is 1. The monoisotopic (exact) mass is 212 g/mol. The molecular formula is C13H28N2. The zero-order chi connectivity index (χ0) is 10.9. The van der Waals surface area contributed by atoms with Crippen LogP contribution in [0.2, 0.25) is 0 Å². The van der Waals surface area contributed by atoms with Crippen LogP contribution in [0.5, 0.6) is 0 Å². The van der Waals surface area contributed by atoms with Crippen LogP contribution in [0.15, 0.2) is 0 Å². The zero-order valence-corrected chi connectivity index (χ0v) is 10.6. The maximum atomic E-state index is 3.57. The van der Waals surface area contributed by atoms with Gasteiger partial charge >= 0.3 is 0 Å². The van der Waals surface area contributed by atoms with Gasteiger partial charge in [-0.05, 0) is 45.8 Å². The minimum atomic E-state index is 0.657. The highest BCUT2D eigenvalue weighted by Gasteiger charge is 2.10. The summed E-state index contributed by atoms with van der Waals surface area (Å²) in [4.78, 5) is 2.65. The van der Waals surface area contributed by atoms with E-state index in [1.807, 2.05) is 0 Å². The maximum Gasteiger partial charge on any atom is 0.0166 e. The normalized spacial score (nSPS) is 22.0. The molecule has 1 saturated heterocycles. The highest BCUT2D eigenvalue weighted by atomic mass is 15.1. The van der Waals surface area contributed by atoms with Gasteiger partial charge in [-0.3, -0.25) is 0 Å². The Bertz CT molecular complexity index is 139. The summed E-state index contributed by atoms with van der Waals surface area (Å²) in [5.74, 6) is 0. The van der Waals surface area contributed by atoms with Crippen LogP contribution in [-0.4, -0.2) is 37.1 Å². The van der Waals surface area contributed by atoms with Gasteiger partial charge in [-0.2, -0.15) is 0 Å². The molecule has 1 aliphatic heterocycles. The van der Waals surface area contributed by atoms with Crippen molar-refractivity contribution in [3.05, 3.63) is 0 Å². The summed E-state index contributed by atoms with van der Waals surface area (Å²) in [5.41, 5.74) is 0. The number of likely N-dealkylation sites (tertiary alicyclic amines) is 1. The molecule has 1 fully saturated rings. The van der Waals surface area contributed by atoms with Crippen molar-refractivity contribution < 1.29 is 0 Å². The highest BCUT2D eigenvalue weighted by Crippen LogP contribution is 2.10. The average molecular weight is 212 g/mol. The molecule has 0 amide bonds. The lowest BCUT2D eigenvalue weighted by Crippen LogP contribution is -2.40. The second-order valence-corrected chi connectivity index (χ2v) is 4.92. The van der Waals surface area contributed by atoms with Crippen LogP contribution in [0, 0.1) is 0 Å². The van der Waals surface area contributed by atoms with Crippen molar-refractivity contribution in [2.75, 3.05) is 26.2 Å². The van der Waals surface area contributed by atoms with Crippen LogP contribution in [0.25, 0.3) is 0 Å². The zero-order valence-electron chi connectivity index (χ0n) is 10.6. The summed E-state index contributed by atoms with van der Waals surface area (Å²) in [5, 5.41) is 3.57. The van der Waals surface area contributed by atoms with Crippen molar-refractivity contribution in [3.63, 3.8) is 0 Å². The lowest BCUT2D eigenvalue weighted by Gasteiger charge is -2.27. The molecule has 2 nitrogen and oxygen atoms in total. The average Bonchev–Trinajstić information content (AvgIpc) is 2.19. The summed E-state index contributed by atoms with van der Waals surface area (Å²) in [7, 11) is 0. The number of hydrogen-bond donors (Lipinski definition) is 1. The third-order valence-corrected chi connectivity index (χ3v) is 3.22. The summed E-state index contributed by atoms with van der Waals surface area (Å²) < 4.78 is 0. The topological polar surface area (TPSA) is 15.3 Å². The standard InChI is InChI=1S/C13H28N2/c1-3-9-14-13(2)12-15-10-7-5-4-6-8-11-15/h13-14H,3-12H2,1-2H3. The third-order valence-electron chi connectivity index (χ3n) is 3.22. The second-order valence-electron chi connectivity index (χ2n) is 4.92. The molecule has 1 heterocycles. The molecule has 0 saturated carbocycles. The van der Waals surface area contributed by atoms with Crippen LogP contribution in [0.3, 0.4) is 0 Å². The molecule has 1 aliphatic rings. The predicted octanol–water partition coefficient (Wildman–Crippen LogP) is 2.64. The van der Waals surface area contributed by atoms with Crippen molar-refractivity contribution in [2.45, 2.75) is 58.4 Å². The van der Waals surface area contributed by atoms with Crippen molar-refractivity contribution >= 4 is 0 Å². The van der Waals surface area contributed by atoms with Crippen LogP contribution in [0.1, 0.15) is 52.4 Å². The van der Waals surface area contributed by atoms with E-state index in [9.17, 15) is 0 Å². The lowest BCUT2D eigenvalue weighted by atomic mass is 10.1. The van der Waals surface area contributed by atoms with Gasteiger partial charge in [0, 0.05) is 12.6 Å². The molecule has 0 bridgehead atoms. The van der Waals surface area contributed by atoms with E-state index in [1.165, 1.54) is 58.2 Å². The first-order valence-electron chi connectivity index (χ1n) is 6.78. The van der Waals surface area contributed by atoms with Crippen molar-refractivity contribution in [3.8, 4) is 0 Å². The molecule has 90 valence electrons. The fraction of sp³-hybridized carbons (Fsp3) is 1.00. The van der Waals surface area contributed by atoms with E-state index in [0.29, 0.717) is 6.04 Å². The van der Waals surface area contributed by atoms with Crippen LogP contribution in [0.4, 0.5) is 0 Å². The first-order valence-corrected chi connectivity index (χ1v) is 6.78. The van der Waals surface area contributed by atoms with E-state index in [1.54, 1.807) is 0 Å². The van der Waals surface area contributed by atoms with Gasteiger partial charge in [0.1, 0.15) is 0 Å². The van der Waals surface area contributed by atoms with E-state index in [2.05, 4.69) is 24.1 Å². The Morgan fingerprint density at radius 3 is 2.27 bits per heavy atom. The van der Waals surface area contributed by atoms with Crippen molar-refractivity contribution in [1.82, 2.24) is 10.2 Å². The first-order chi connectivity index (χ1) is 7.33. The quantitative estimate of drug-likeness (QED) is 0.753. The maximum absolute atomic E-state index is 3.57. The molecule has 0 aromatic carbocycles. The van der Waals surface area contributed by atoms with Gasteiger partial charge < -0.3 is 10.2 Å². The van der Waals surface area contributed by atoms with Gasteiger partial charge in [-0.25, -0.2) is 0 Å². The van der Waals surface area contributed by atoms with E-state index in [4.69, 9.17) is 0 Å². The number of hydrogen-bond acceptors (Lipinski definition) is 2. The fourth-order valence-electron chi connectivity index (χ4n) is 2.34. The molecule has 1 atom stereocenters. The van der Waals surface area contributed by atoms with Gasteiger partial charge in [0.25, 0.3) is 0 Å². The molecule has 15 heavy (non-hydrogen) atoms. The van der Waals surface area contributed by atoms with Crippen molar-refractivity contribution in [2.24, 2.45) is 0 Å². The Morgan fingerprint density at radius 2 is 1.67 bits per heavy atom. The molecule has 1 unspecified atom stereocenters. The first kappa shape index (κ1) is 13.0. The molecule has 2 heteroatoms. The minimum Gasteiger partial charge on any atom is -0.313 e. The molecule has 0 aromatic heterocycles. The van der Waals surface area contributed by atoms with Gasteiger partial charge in [-0.15, -0.1) is 0 Å². The molecule has 0 spiro atoms. The van der Waals surface area contributed by atoms with Crippen molar-refractivity contribution in [1.29, 1.82) is 0 Å². The minimum absolute atomic E-state index is 0.657. The van der Waals surface area contributed by atoms with Crippen LogP contribution < -0.4 is 5.32 Å². The van der Waals surface area contributed by atoms with E-state index in [-0.39, 0.29) is 0 Å². The summed E-state index contributed by atoms with van der Waals surface area (Å²) in [6.07, 6.45) is 8.38. The Morgan fingerprint density at radius 1 is 1.07 bits per heavy atom. The molecule has 1 N–H and O–H groups in total. The van der Waals surface area contributed by atoms with Gasteiger partial charge in [0.15, 0.2) is 0 Å². The lowest BCUT2D eigenvalue weighted by molar-refractivity contribution is 0.226. The molecule has 0 radical (unpaired) electrons. The van der Waals surface area contributed by atoms with E-state index in [0.717, 1.165) is 6.54 Å². The van der Waals surface area contributed by atoms with E-state index < -0.39 is 0 Å². The van der Waals surface area contributed by atoms with Crippen LogP contribution in [-0.2, 0) is 0 Å². The van der Waals surface area contributed by atoms with E-state index >= 15 is 0 Å². The summed E-state index contributed by atoms with van der Waals surface area (Å²) in [6.45, 7) is 9.58. The summed E-state index contributed by atoms with van der Waals surface area (Å²) in [6, 6.07) is 0.657. The molecule has 1 rings (SSSR count). The van der Waals surface area contributed by atoms with Gasteiger partial charge in [-0.1, -0.05) is 26.2 Å². The summed E-state index contributed by atoms with van der Waals surface area (Å²) >= 11 is 0. The predicted molar refractivity (Wildman–Crippen MR) is 67.3 cm³/mol. The number of rotatable bonds is 5. The third kappa shape index (κ3) is 6.16. The highest BCUT2D eigenvalue weighted by molar-refractivity contribution is 4.69. The molecule has 0 aliphatic carbocycles. The Labute approximate surface area is 95.4 Å². The largest absolute Gasteiger partial charge is 0.313 e. The molecule has 0 aromatic rings. The second kappa shape index (κ2) is 8.12. The molecular weight excluding hydrogens is 184 g/mol. The Balaban J connectivity index is 2.16. The smallest absolute Gasteiger partial charge is 0.0166 e. The van der Waals surface area contributed by atoms with Crippen LogP contribution >= 0.6 is 0 Å². The fourth-order valence-corrected chi connectivity index (χ4v) is 2.34. The Kier molecular flexibility index (Phi) is 7.03.